The third-order valence-electron chi connectivity index (χ3n) is 2.96. The zero-order valence-electron chi connectivity index (χ0n) is 10.9. The predicted octanol–water partition coefficient (Wildman–Crippen LogP) is 2.77. The van der Waals surface area contributed by atoms with Gasteiger partial charge in [-0.05, 0) is 36.8 Å². The molecule has 0 saturated carbocycles. The molecule has 0 unspecified atom stereocenters. The summed E-state index contributed by atoms with van der Waals surface area (Å²) in [6.45, 7) is 1.71. The quantitative estimate of drug-likeness (QED) is 0.913. The van der Waals surface area contributed by atoms with Crippen molar-refractivity contribution in [1.82, 2.24) is 4.98 Å². The number of nitriles is 1. The summed E-state index contributed by atoms with van der Waals surface area (Å²) in [6.07, 6.45) is 1.14. The monoisotopic (exact) mass is 253 g/mol. The Hall–Kier alpha value is -2.38. The van der Waals surface area contributed by atoms with Gasteiger partial charge in [0.25, 0.3) is 0 Å². The van der Waals surface area contributed by atoms with Crippen LogP contribution < -0.4 is 4.90 Å². The Morgan fingerprint density at radius 3 is 2.68 bits per heavy atom. The van der Waals surface area contributed by atoms with E-state index in [1.54, 1.807) is 19.2 Å². The molecule has 1 atom stereocenters. The van der Waals surface area contributed by atoms with Crippen molar-refractivity contribution in [1.29, 1.82) is 5.26 Å². The van der Waals surface area contributed by atoms with Crippen LogP contribution in [0.25, 0.3) is 0 Å². The van der Waals surface area contributed by atoms with Crippen molar-refractivity contribution < 1.29 is 5.11 Å². The molecular formula is C15H15N3O. The number of anilines is 2. The van der Waals surface area contributed by atoms with E-state index >= 15 is 0 Å². The van der Waals surface area contributed by atoms with Crippen LogP contribution in [0.1, 0.15) is 24.2 Å². The highest BCUT2D eigenvalue weighted by atomic mass is 16.3. The maximum absolute atomic E-state index is 9.45. The summed E-state index contributed by atoms with van der Waals surface area (Å²) in [6, 6.07) is 13.1. The summed E-state index contributed by atoms with van der Waals surface area (Å²) in [5, 5.41) is 18.3. The van der Waals surface area contributed by atoms with Crippen LogP contribution >= 0.6 is 0 Å². The van der Waals surface area contributed by atoms with Gasteiger partial charge in [0, 0.05) is 18.9 Å². The van der Waals surface area contributed by atoms with E-state index in [-0.39, 0.29) is 0 Å². The first-order valence-electron chi connectivity index (χ1n) is 5.99. The molecule has 0 fully saturated rings. The van der Waals surface area contributed by atoms with Crippen molar-refractivity contribution in [3.63, 3.8) is 0 Å². The van der Waals surface area contributed by atoms with Crippen LogP contribution in [0.2, 0.25) is 0 Å². The second-order valence-corrected chi connectivity index (χ2v) is 4.35. The SMILES string of the molecule is C[C@@H](O)c1ccc(N(C)c2cccc(C#N)c2)nc1. The maximum atomic E-state index is 9.45. The number of aliphatic hydroxyl groups excluding tert-OH is 1. The second kappa shape index (κ2) is 5.51. The fourth-order valence-electron chi connectivity index (χ4n) is 1.76. The Bertz CT molecular complexity index is 600. The van der Waals surface area contributed by atoms with Gasteiger partial charge >= 0.3 is 0 Å². The minimum Gasteiger partial charge on any atom is -0.389 e. The standard InChI is InChI=1S/C15H15N3O/c1-11(19)13-6-7-15(17-10-13)18(2)14-5-3-4-12(8-14)9-16/h3-8,10-11,19H,1-2H3/t11-/m1/s1. The average molecular weight is 253 g/mol. The summed E-state index contributed by atoms with van der Waals surface area (Å²) in [7, 11) is 1.89. The van der Waals surface area contributed by atoms with Crippen molar-refractivity contribution in [3.05, 3.63) is 53.7 Å². The largest absolute Gasteiger partial charge is 0.389 e. The lowest BCUT2D eigenvalue weighted by Gasteiger charge is -2.19. The van der Waals surface area contributed by atoms with Gasteiger partial charge in [-0.1, -0.05) is 12.1 Å². The van der Waals surface area contributed by atoms with Gasteiger partial charge in [0.15, 0.2) is 0 Å². The van der Waals surface area contributed by atoms with Crippen LogP contribution in [0.15, 0.2) is 42.6 Å². The number of hydrogen-bond donors (Lipinski definition) is 1. The Labute approximate surface area is 112 Å². The van der Waals surface area contributed by atoms with Crippen LogP contribution in [0.3, 0.4) is 0 Å². The molecular weight excluding hydrogens is 238 g/mol. The molecule has 1 aromatic carbocycles. The van der Waals surface area contributed by atoms with Gasteiger partial charge in [-0.3, -0.25) is 0 Å². The molecule has 0 radical (unpaired) electrons. The van der Waals surface area contributed by atoms with Crippen molar-refractivity contribution in [3.8, 4) is 6.07 Å². The summed E-state index contributed by atoms with van der Waals surface area (Å²) in [4.78, 5) is 6.21. The summed E-state index contributed by atoms with van der Waals surface area (Å²) in [5.74, 6) is 0.763. The molecule has 1 N–H and O–H groups in total. The summed E-state index contributed by atoms with van der Waals surface area (Å²) in [5.41, 5.74) is 2.30. The Balaban J connectivity index is 2.28. The van der Waals surface area contributed by atoms with E-state index in [1.807, 2.05) is 42.3 Å². The lowest BCUT2D eigenvalue weighted by Crippen LogP contribution is -2.11. The minimum atomic E-state index is -0.520. The number of hydrogen-bond acceptors (Lipinski definition) is 4. The molecule has 96 valence electrons. The van der Waals surface area contributed by atoms with E-state index in [2.05, 4.69) is 11.1 Å². The first-order chi connectivity index (χ1) is 9.11. The van der Waals surface area contributed by atoms with E-state index in [9.17, 15) is 5.11 Å². The Morgan fingerprint density at radius 2 is 2.11 bits per heavy atom. The molecule has 1 aromatic heterocycles. The lowest BCUT2D eigenvalue weighted by atomic mass is 10.2. The summed E-state index contributed by atoms with van der Waals surface area (Å²) >= 11 is 0. The fourth-order valence-corrected chi connectivity index (χ4v) is 1.76. The Kier molecular flexibility index (Phi) is 3.79. The van der Waals surface area contributed by atoms with Crippen LogP contribution in [0.5, 0.6) is 0 Å². The van der Waals surface area contributed by atoms with E-state index in [4.69, 9.17) is 5.26 Å². The third-order valence-corrected chi connectivity index (χ3v) is 2.96. The highest BCUT2D eigenvalue weighted by molar-refractivity contribution is 5.61. The Morgan fingerprint density at radius 1 is 1.32 bits per heavy atom. The molecule has 0 aliphatic carbocycles. The number of nitrogens with zero attached hydrogens (tertiary/aromatic N) is 3. The second-order valence-electron chi connectivity index (χ2n) is 4.35. The van der Waals surface area contributed by atoms with Gasteiger partial charge in [0.1, 0.15) is 5.82 Å². The van der Waals surface area contributed by atoms with Gasteiger partial charge in [0.05, 0.1) is 17.7 Å². The molecule has 1 heterocycles. The molecule has 0 bridgehead atoms. The number of aromatic nitrogens is 1. The van der Waals surface area contributed by atoms with Crippen LogP contribution in [-0.4, -0.2) is 17.1 Å². The fraction of sp³-hybridized carbons (Fsp3) is 0.200. The molecule has 0 spiro atoms. The van der Waals surface area contributed by atoms with Gasteiger partial charge < -0.3 is 10.0 Å². The van der Waals surface area contributed by atoms with Gasteiger partial charge in [-0.15, -0.1) is 0 Å². The van der Waals surface area contributed by atoms with Crippen LogP contribution in [0, 0.1) is 11.3 Å². The van der Waals surface area contributed by atoms with Crippen molar-refractivity contribution in [2.75, 3.05) is 11.9 Å². The number of pyridine rings is 1. The highest BCUT2D eigenvalue weighted by Gasteiger charge is 2.07. The maximum Gasteiger partial charge on any atom is 0.132 e. The predicted molar refractivity (Wildman–Crippen MR) is 74.1 cm³/mol. The zero-order valence-corrected chi connectivity index (χ0v) is 10.9. The number of aliphatic hydroxyl groups is 1. The zero-order chi connectivity index (χ0) is 13.8. The van der Waals surface area contributed by atoms with Gasteiger partial charge in [-0.25, -0.2) is 4.98 Å². The lowest BCUT2D eigenvalue weighted by molar-refractivity contribution is 0.199. The molecule has 4 nitrogen and oxygen atoms in total. The molecule has 0 amide bonds. The third kappa shape index (κ3) is 2.90. The van der Waals surface area contributed by atoms with E-state index < -0.39 is 6.10 Å². The van der Waals surface area contributed by atoms with Gasteiger partial charge in [-0.2, -0.15) is 5.26 Å². The number of benzene rings is 1. The van der Waals surface area contributed by atoms with Crippen molar-refractivity contribution in [2.24, 2.45) is 0 Å². The summed E-state index contributed by atoms with van der Waals surface area (Å²) < 4.78 is 0. The van der Waals surface area contributed by atoms with Crippen LogP contribution in [0.4, 0.5) is 11.5 Å². The average Bonchev–Trinajstić information content (AvgIpc) is 2.46. The first kappa shape index (κ1) is 13.1. The molecule has 19 heavy (non-hydrogen) atoms. The molecule has 2 rings (SSSR count). The smallest absolute Gasteiger partial charge is 0.132 e. The van der Waals surface area contributed by atoms with Gasteiger partial charge in [0.2, 0.25) is 0 Å². The van der Waals surface area contributed by atoms with E-state index in [0.717, 1.165) is 17.1 Å². The first-order valence-corrected chi connectivity index (χ1v) is 5.99. The van der Waals surface area contributed by atoms with Crippen molar-refractivity contribution in [2.45, 2.75) is 13.0 Å². The van der Waals surface area contributed by atoms with Crippen LogP contribution in [-0.2, 0) is 0 Å². The molecule has 4 heteroatoms. The molecule has 2 aromatic rings. The van der Waals surface area contributed by atoms with Crippen molar-refractivity contribution >= 4 is 11.5 Å². The molecule has 0 aliphatic rings. The molecule has 0 aliphatic heterocycles. The highest BCUT2D eigenvalue weighted by Crippen LogP contribution is 2.23. The normalized spacial score (nSPS) is 11.7. The topological polar surface area (TPSA) is 60.1 Å². The van der Waals surface area contributed by atoms with E-state index in [1.165, 1.54) is 0 Å². The number of rotatable bonds is 3. The van der Waals surface area contributed by atoms with E-state index in [0.29, 0.717) is 5.56 Å². The minimum absolute atomic E-state index is 0.520. The molecule has 0 saturated heterocycles.